The van der Waals surface area contributed by atoms with Crippen LogP contribution >= 0.6 is 0 Å². The van der Waals surface area contributed by atoms with Crippen molar-refractivity contribution in [2.24, 2.45) is 0 Å². The van der Waals surface area contributed by atoms with Crippen molar-refractivity contribution in [2.75, 3.05) is 23.3 Å². The van der Waals surface area contributed by atoms with Crippen molar-refractivity contribution in [3.63, 3.8) is 0 Å². The molecule has 32 heavy (non-hydrogen) atoms. The number of benzene rings is 3. The van der Waals surface area contributed by atoms with E-state index in [0.29, 0.717) is 42.0 Å². The average molecular weight is 439 g/mol. The van der Waals surface area contributed by atoms with Gasteiger partial charge in [-0.05, 0) is 72.6 Å². The maximum Gasteiger partial charge on any atom is 0.324 e. The zero-order chi connectivity index (χ0) is 22.7. The number of rotatable bonds is 5. The predicted octanol–water partition coefficient (Wildman–Crippen LogP) is 5.19. The summed E-state index contributed by atoms with van der Waals surface area (Å²) < 4.78 is 40.0. The highest BCUT2D eigenvalue weighted by atomic mass is 19.1. The van der Waals surface area contributed by atoms with E-state index >= 15 is 0 Å². The summed E-state index contributed by atoms with van der Waals surface area (Å²) in [6.07, 6.45) is 0.701. The van der Waals surface area contributed by atoms with E-state index in [1.807, 2.05) is 0 Å². The Labute approximate surface area is 183 Å². The summed E-state index contributed by atoms with van der Waals surface area (Å²) >= 11 is 0. The minimum atomic E-state index is -0.681. The molecule has 0 bridgehead atoms. The van der Waals surface area contributed by atoms with Crippen LogP contribution in [0.1, 0.15) is 22.3 Å². The highest BCUT2D eigenvalue weighted by Crippen LogP contribution is 2.24. The molecule has 8 heteroatoms. The molecular weight excluding hydrogens is 419 g/mol. The Morgan fingerprint density at radius 1 is 0.844 bits per heavy atom. The number of nitrogens with zero attached hydrogens (tertiary/aromatic N) is 2. The van der Waals surface area contributed by atoms with Crippen LogP contribution in [0.3, 0.4) is 0 Å². The first kappa shape index (κ1) is 21.4. The topological polar surface area (TPSA) is 52.7 Å². The Hall–Kier alpha value is -3.81. The summed E-state index contributed by atoms with van der Waals surface area (Å²) in [7, 11) is 0. The lowest BCUT2D eigenvalue weighted by atomic mass is 10.1. The van der Waals surface area contributed by atoms with Crippen LogP contribution in [0.25, 0.3) is 0 Å². The van der Waals surface area contributed by atoms with Crippen LogP contribution in [0, 0.1) is 17.5 Å². The van der Waals surface area contributed by atoms with Gasteiger partial charge in [0.05, 0.1) is 0 Å². The van der Waals surface area contributed by atoms with Crippen LogP contribution < -0.4 is 10.2 Å². The van der Waals surface area contributed by atoms with Crippen LogP contribution in [-0.4, -0.2) is 29.9 Å². The second kappa shape index (κ2) is 9.13. The zero-order valence-electron chi connectivity index (χ0n) is 17.0. The summed E-state index contributed by atoms with van der Waals surface area (Å²) in [5, 5.41) is 2.72. The number of urea groups is 1. The second-order valence-electron chi connectivity index (χ2n) is 7.49. The molecule has 1 heterocycles. The summed E-state index contributed by atoms with van der Waals surface area (Å²) in [5.41, 5.74) is 1.88. The van der Waals surface area contributed by atoms with Gasteiger partial charge in [0.15, 0.2) is 0 Å². The fraction of sp³-hybridized carbons (Fsp3) is 0.167. The number of anilines is 2. The van der Waals surface area contributed by atoms with Crippen LogP contribution in [0.2, 0.25) is 0 Å². The fourth-order valence-electron chi connectivity index (χ4n) is 3.62. The highest BCUT2D eigenvalue weighted by molar-refractivity contribution is 6.04. The SMILES string of the molecule is O=C(Nc1ccc(N2CCCN(Cc3cc(F)cc(F)c3)C2=O)cc1)c1ccc(F)cc1. The van der Waals surface area contributed by atoms with Gasteiger partial charge >= 0.3 is 6.03 Å². The zero-order valence-corrected chi connectivity index (χ0v) is 17.0. The number of nitrogens with one attached hydrogen (secondary N) is 1. The van der Waals surface area contributed by atoms with Crippen molar-refractivity contribution >= 4 is 23.3 Å². The third-order valence-electron chi connectivity index (χ3n) is 5.15. The largest absolute Gasteiger partial charge is 0.324 e. The van der Waals surface area contributed by atoms with Crippen LogP contribution in [0.4, 0.5) is 29.3 Å². The van der Waals surface area contributed by atoms with Gasteiger partial charge in [0.25, 0.3) is 5.91 Å². The van der Waals surface area contributed by atoms with E-state index in [2.05, 4.69) is 5.32 Å². The molecule has 0 aromatic heterocycles. The number of carbonyl (C=O) groups excluding carboxylic acids is 2. The first-order chi connectivity index (χ1) is 15.4. The van der Waals surface area contributed by atoms with Gasteiger partial charge in [0.1, 0.15) is 17.5 Å². The van der Waals surface area contributed by atoms with E-state index < -0.39 is 17.5 Å². The molecule has 3 aromatic rings. The number of halogens is 3. The quantitative estimate of drug-likeness (QED) is 0.595. The molecule has 1 aliphatic rings. The summed E-state index contributed by atoms with van der Waals surface area (Å²) in [6.45, 7) is 1.10. The Bertz CT molecular complexity index is 1110. The Balaban J connectivity index is 1.43. The van der Waals surface area contributed by atoms with Crippen LogP contribution in [0.15, 0.2) is 66.7 Å². The van der Waals surface area contributed by atoms with Crippen LogP contribution in [-0.2, 0) is 6.54 Å². The summed E-state index contributed by atoms with van der Waals surface area (Å²) in [4.78, 5) is 28.3. The molecule has 1 saturated heterocycles. The van der Waals surface area contributed by atoms with Gasteiger partial charge in [-0.15, -0.1) is 0 Å². The minimum Gasteiger partial charge on any atom is -0.322 e. The molecule has 164 valence electrons. The van der Waals surface area contributed by atoms with E-state index in [1.165, 1.54) is 36.4 Å². The molecule has 1 N–H and O–H groups in total. The molecule has 3 aromatic carbocycles. The molecular formula is C24H20F3N3O2. The predicted molar refractivity (Wildman–Crippen MR) is 115 cm³/mol. The Kier molecular flexibility index (Phi) is 6.11. The fourth-order valence-corrected chi connectivity index (χ4v) is 3.62. The molecule has 3 amide bonds. The van der Waals surface area contributed by atoms with Gasteiger partial charge in [0, 0.05) is 42.6 Å². The van der Waals surface area contributed by atoms with Gasteiger partial charge in [0.2, 0.25) is 0 Å². The lowest BCUT2D eigenvalue weighted by Crippen LogP contribution is -2.49. The average Bonchev–Trinajstić information content (AvgIpc) is 2.76. The van der Waals surface area contributed by atoms with E-state index in [0.717, 1.165) is 6.07 Å². The maximum atomic E-state index is 13.5. The Morgan fingerprint density at radius 2 is 1.50 bits per heavy atom. The van der Waals surface area contributed by atoms with Crippen LogP contribution in [0.5, 0.6) is 0 Å². The third-order valence-corrected chi connectivity index (χ3v) is 5.15. The lowest BCUT2D eigenvalue weighted by molar-refractivity contribution is 0.102. The van der Waals surface area contributed by atoms with E-state index in [1.54, 1.807) is 34.1 Å². The minimum absolute atomic E-state index is 0.107. The Morgan fingerprint density at radius 3 is 2.16 bits per heavy atom. The molecule has 0 atom stereocenters. The van der Waals surface area contributed by atoms with Gasteiger partial charge < -0.3 is 10.2 Å². The molecule has 0 unspecified atom stereocenters. The molecule has 5 nitrogen and oxygen atoms in total. The summed E-state index contributed by atoms with van der Waals surface area (Å²) in [5.74, 6) is -2.16. The smallest absolute Gasteiger partial charge is 0.322 e. The van der Waals surface area contributed by atoms with Gasteiger partial charge in [-0.2, -0.15) is 0 Å². The lowest BCUT2D eigenvalue weighted by Gasteiger charge is -2.35. The molecule has 1 fully saturated rings. The highest BCUT2D eigenvalue weighted by Gasteiger charge is 2.27. The molecule has 1 aliphatic heterocycles. The number of carbonyl (C=O) groups is 2. The number of hydrogen-bond acceptors (Lipinski definition) is 2. The number of hydrogen-bond donors (Lipinski definition) is 1. The summed E-state index contributed by atoms with van der Waals surface area (Å²) in [6, 6.07) is 14.9. The van der Waals surface area contributed by atoms with E-state index in [-0.39, 0.29) is 18.5 Å². The molecule has 0 radical (unpaired) electrons. The number of amides is 3. The first-order valence-corrected chi connectivity index (χ1v) is 10.1. The van der Waals surface area contributed by atoms with Gasteiger partial charge in [-0.25, -0.2) is 18.0 Å². The van der Waals surface area contributed by atoms with E-state index in [9.17, 15) is 22.8 Å². The van der Waals surface area contributed by atoms with Gasteiger partial charge in [-0.1, -0.05) is 0 Å². The van der Waals surface area contributed by atoms with Crippen molar-refractivity contribution in [2.45, 2.75) is 13.0 Å². The van der Waals surface area contributed by atoms with Crippen molar-refractivity contribution in [1.29, 1.82) is 0 Å². The normalized spacial score (nSPS) is 13.9. The van der Waals surface area contributed by atoms with Crippen molar-refractivity contribution < 1.29 is 22.8 Å². The maximum absolute atomic E-state index is 13.5. The van der Waals surface area contributed by atoms with Crippen molar-refractivity contribution in [1.82, 2.24) is 4.90 Å². The molecule has 0 aliphatic carbocycles. The third kappa shape index (κ3) is 4.91. The molecule has 0 saturated carbocycles. The monoisotopic (exact) mass is 439 g/mol. The second-order valence-corrected chi connectivity index (χ2v) is 7.49. The van der Waals surface area contributed by atoms with Gasteiger partial charge in [-0.3, -0.25) is 9.69 Å². The standard InChI is InChI=1S/C24H20F3N3O2/c25-18-4-2-17(3-5-18)23(31)28-21-6-8-22(9-7-21)30-11-1-10-29(24(30)32)15-16-12-19(26)14-20(27)13-16/h2-9,12-14H,1,10-11,15H2,(H,28,31). The molecule has 4 rings (SSSR count). The van der Waals surface area contributed by atoms with Crippen molar-refractivity contribution in [3.8, 4) is 0 Å². The molecule has 0 spiro atoms. The first-order valence-electron chi connectivity index (χ1n) is 10.1. The van der Waals surface area contributed by atoms with Crippen molar-refractivity contribution in [3.05, 3.63) is 95.3 Å². The van der Waals surface area contributed by atoms with E-state index in [4.69, 9.17) is 0 Å².